The molecular formula is C18H16BrN3O2. The van der Waals surface area contributed by atoms with Gasteiger partial charge in [-0.15, -0.1) is 0 Å². The van der Waals surface area contributed by atoms with Crippen LogP contribution in [0.1, 0.15) is 34.8 Å². The molecule has 0 aliphatic carbocycles. The van der Waals surface area contributed by atoms with Gasteiger partial charge in [-0.25, -0.2) is 0 Å². The standard InChI is InChI=1S/C18H16BrN3O2/c1-11-7-3-4-8-13(11)16-21-18(24-22-16)12(2)20-17(23)14-9-5-6-10-15(14)19/h3-10,12H,1-2H3,(H,20,23)/t12-/m1/s1. The first kappa shape index (κ1) is 16.4. The molecule has 0 bridgehead atoms. The molecule has 1 amide bonds. The summed E-state index contributed by atoms with van der Waals surface area (Å²) < 4.78 is 6.05. The van der Waals surface area contributed by atoms with Gasteiger partial charge >= 0.3 is 0 Å². The van der Waals surface area contributed by atoms with Gasteiger partial charge in [0.15, 0.2) is 0 Å². The fraction of sp³-hybridized carbons (Fsp3) is 0.167. The van der Waals surface area contributed by atoms with Crippen molar-refractivity contribution in [2.24, 2.45) is 0 Å². The zero-order chi connectivity index (χ0) is 17.1. The molecule has 0 fully saturated rings. The molecule has 1 heterocycles. The topological polar surface area (TPSA) is 68.0 Å². The van der Waals surface area contributed by atoms with E-state index in [2.05, 4.69) is 31.4 Å². The minimum atomic E-state index is -0.394. The minimum absolute atomic E-state index is 0.203. The summed E-state index contributed by atoms with van der Waals surface area (Å²) in [5.41, 5.74) is 2.54. The lowest BCUT2D eigenvalue weighted by Gasteiger charge is -2.10. The van der Waals surface area contributed by atoms with Crippen molar-refractivity contribution in [3.63, 3.8) is 0 Å². The summed E-state index contributed by atoms with van der Waals surface area (Å²) >= 11 is 3.37. The second kappa shape index (κ2) is 6.97. The highest BCUT2D eigenvalue weighted by Gasteiger charge is 2.19. The number of hydrogen-bond acceptors (Lipinski definition) is 4. The third-order valence-electron chi connectivity index (χ3n) is 3.66. The SMILES string of the molecule is Cc1ccccc1-c1noc([C@@H](C)NC(=O)c2ccccc2Br)n1. The fourth-order valence-corrected chi connectivity index (χ4v) is 2.79. The quantitative estimate of drug-likeness (QED) is 0.726. The molecular weight excluding hydrogens is 370 g/mol. The van der Waals surface area contributed by atoms with Crippen LogP contribution in [0.2, 0.25) is 0 Å². The van der Waals surface area contributed by atoms with Gasteiger partial charge in [-0.3, -0.25) is 4.79 Å². The minimum Gasteiger partial charge on any atom is -0.340 e. The van der Waals surface area contributed by atoms with Gasteiger partial charge in [0, 0.05) is 10.0 Å². The lowest BCUT2D eigenvalue weighted by atomic mass is 10.1. The summed E-state index contributed by atoms with van der Waals surface area (Å²) in [6.07, 6.45) is 0. The van der Waals surface area contributed by atoms with Gasteiger partial charge in [-0.2, -0.15) is 4.98 Å². The third kappa shape index (κ3) is 3.38. The number of carbonyl (C=O) groups excluding carboxylic acids is 1. The summed E-state index contributed by atoms with van der Waals surface area (Å²) in [6, 6.07) is 14.7. The second-order valence-electron chi connectivity index (χ2n) is 5.45. The van der Waals surface area contributed by atoms with Gasteiger partial charge in [0.1, 0.15) is 6.04 Å². The first-order valence-corrected chi connectivity index (χ1v) is 8.30. The number of halogens is 1. The van der Waals surface area contributed by atoms with E-state index in [-0.39, 0.29) is 5.91 Å². The van der Waals surface area contributed by atoms with Gasteiger partial charge < -0.3 is 9.84 Å². The molecule has 2 aromatic carbocycles. The number of nitrogens with zero attached hydrogens (tertiary/aromatic N) is 2. The number of aryl methyl sites for hydroxylation is 1. The van der Waals surface area contributed by atoms with Crippen molar-refractivity contribution in [2.45, 2.75) is 19.9 Å². The van der Waals surface area contributed by atoms with E-state index in [4.69, 9.17) is 4.52 Å². The van der Waals surface area contributed by atoms with Gasteiger partial charge in [-0.05, 0) is 47.5 Å². The number of rotatable bonds is 4. The van der Waals surface area contributed by atoms with E-state index in [0.717, 1.165) is 15.6 Å². The van der Waals surface area contributed by atoms with Crippen molar-refractivity contribution in [2.75, 3.05) is 0 Å². The Balaban J connectivity index is 1.77. The van der Waals surface area contributed by atoms with Crippen molar-refractivity contribution >= 4 is 21.8 Å². The molecule has 0 radical (unpaired) electrons. The Morgan fingerprint density at radius 1 is 1.17 bits per heavy atom. The van der Waals surface area contributed by atoms with Crippen LogP contribution in [0.4, 0.5) is 0 Å². The van der Waals surface area contributed by atoms with E-state index >= 15 is 0 Å². The number of nitrogens with one attached hydrogen (secondary N) is 1. The normalized spacial score (nSPS) is 12.0. The van der Waals surface area contributed by atoms with Crippen LogP contribution in [0.25, 0.3) is 11.4 Å². The van der Waals surface area contributed by atoms with Crippen LogP contribution in [0.5, 0.6) is 0 Å². The maximum Gasteiger partial charge on any atom is 0.253 e. The lowest BCUT2D eigenvalue weighted by Crippen LogP contribution is -2.27. The molecule has 1 N–H and O–H groups in total. The van der Waals surface area contributed by atoms with Gasteiger partial charge in [0.25, 0.3) is 5.91 Å². The van der Waals surface area contributed by atoms with Crippen LogP contribution in [0, 0.1) is 6.92 Å². The number of amides is 1. The van der Waals surface area contributed by atoms with E-state index in [0.29, 0.717) is 17.3 Å². The van der Waals surface area contributed by atoms with Crippen LogP contribution >= 0.6 is 15.9 Å². The average Bonchev–Trinajstić information content (AvgIpc) is 3.05. The van der Waals surface area contributed by atoms with Gasteiger partial charge in [-0.1, -0.05) is 41.6 Å². The van der Waals surface area contributed by atoms with Gasteiger partial charge in [0.2, 0.25) is 11.7 Å². The van der Waals surface area contributed by atoms with Gasteiger partial charge in [0.05, 0.1) is 5.56 Å². The van der Waals surface area contributed by atoms with Crippen LogP contribution in [-0.4, -0.2) is 16.0 Å². The first-order valence-electron chi connectivity index (χ1n) is 7.51. The molecule has 3 rings (SSSR count). The first-order chi connectivity index (χ1) is 11.6. The molecule has 0 unspecified atom stereocenters. The molecule has 122 valence electrons. The molecule has 6 heteroatoms. The van der Waals surface area contributed by atoms with Crippen molar-refractivity contribution in [3.05, 3.63) is 70.0 Å². The van der Waals surface area contributed by atoms with Crippen LogP contribution in [0.15, 0.2) is 57.5 Å². The zero-order valence-corrected chi connectivity index (χ0v) is 14.9. The summed E-state index contributed by atoms with van der Waals surface area (Å²) in [5.74, 6) is 0.685. The van der Waals surface area contributed by atoms with E-state index < -0.39 is 6.04 Å². The van der Waals surface area contributed by atoms with Crippen molar-refractivity contribution in [1.82, 2.24) is 15.5 Å². The Bertz CT molecular complexity index is 876. The van der Waals surface area contributed by atoms with Crippen LogP contribution in [0.3, 0.4) is 0 Å². The molecule has 0 aliphatic rings. The number of aromatic nitrogens is 2. The molecule has 5 nitrogen and oxygen atoms in total. The van der Waals surface area contributed by atoms with Crippen molar-refractivity contribution in [1.29, 1.82) is 0 Å². The molecule has 24 heavy (non-hydrogen) atoms. The van der Waals surface area contributed by atoms with E-state index in [9.17, 15) is 4.79 Å². The highest BCUT2D eigenvalue weighted by atomic mass is 79.9. The highest BCUT2D eigenvalue weighted by Crippen LogP contribution is 2.22. The fourth-order valence-electron chi connectivity index (χ4n) is 2.33. The van der Waals surface area contributed by atoms with Crippen LogP contribution < -0.4 is 5.32 Å². The number of hydrogen-bond donors (Lipinski definition) is 1. The van der Waals surface area contributed by atoms with Crippen LogP contribution in [-0.2, 0) is 0 Å². The molecule has 0 aliphatic heterocycles. The highest BCUT2D eigenvalue weighted by molar-refractivity contribution is 9.10. The summed E-state index contributed by atoms with van der Waals surface area (Å²) in [6.45, 7) is 3.80. The Morgan fingerprint density at radius 2 is 1.88 bits per heavy atom. The molecule has 0 saturated carbocycles. The largest absolute Gasteiger partial charge is 0.340 e. The van der Waals surface area contributed by atoms with E-state index in [1.807, 2.05) is 56.3 Å². The summed E-state index contributed by atoms with van der Waals surface area (Å²) in [4.78, 5) is 16.8. The van der Waals surface area contributed by atoms with E-state index in [1.54, 1.807) is 6.07 Å². The molecule has 1 aromatic heterocycles. The Morgan fingerprint density at radius 3 is 2.62 bits per heavy atom. The predicted octanol–water partition coefficient (Wildman–Crippen LogP) is 4.30. The Labute approximate surface area is 148 Å². The molecule has 3 aromatic rings. The second-order valence-corrected chi connectivity index (χ2v) is 6.30. The lowest BCUT2D eigenvalue weighted by molar-refractivity contribution is 0.0931. The maximum absolute atomic E-state index is 12.3. The summed E-state index contributed by atoms with van der Waals surface area (Å²) in [7, 11) is 0. The Kier molecular flexibility index (Phi) is 4.76. The molecule has 0 saturated heterocycles. The monoisotopic (exact) mass is 385 g/mol. The number of benzene rings is 2. The molecule has 1 atom stereocenters. The Hall–Kier alpha value is -2.47. The smallest absolute Gasteiger partial charge is 0.253 e. The van der Waals surface area contributed by atoms with Crippen molar-refractivity contribution in [3.8, 4) is 11.4 Å². The third-order valence-corrected chi connectivity index (χ3v) is 4.36. The summed E-state index contributed by atoms with van der Waals surface area (Å²) in [5, 5.41) is 6.89. The maximum atomic E-state index is 12.3. The van der Waals surface area contributed by atoms with E-state index in [1.165, 1.54) is 0 Å². The predicted molar refractivity (Wildman–Crippen MR) is 94.5 cm³/mol. The van der Waals surface area contributed by atoms with Crippen molar-refractivity contribution < 1.29 is 9.32 Å². The molecule has 0 spiro atoms. The average molecular weight is 386 g/mol. The zero-order valence-electron chi connectivity index (χ0n) is 13.3. The number of carbonyl (C=O) groups is 1.